The van der Waals surface area contributed by atoms with Crippen LogP contribution in [0.15, 0.2) is 30.5 Å². The van der Waals surface area contributed by atoms with E-state index in [4.69, 9.17) is 0 Å². The van der Waals surface area contributed by atoms with Crippen molar-refractivity contribution in [1.29, 1.82) is 0 Å². The molecule has 4 aliphatic rings. The van der Waals surface area contributed by atoms with Gasteiger partial charge in [-0.2, -0.15) is 0 Å². The van der Waals surface area contributed by atoms with Crippen LogP contribution in [0.2, 0.25) is 0 Å². The van der Waals surface area contributed by atoms with Gasteiger partial charge in [-0.05, 0) is 49.8 Å². The Morgan fingerprint density at radius 2 is 2.21 bits per heavy atom. The molecule has 1 aromatic heterocycles. The molecule has 0 spiro atoms. The number of pyridine rings is 1. The van der Waals surface area contributed by atoms with Crippen LogP contribution >= 0.6 is 0 Å². The number of nitrogens with one attached hydrogen (secondary N) is 1. The number of hydrogen-bond donors (Lipinski definition) is 1. The topological polar surface area (TPSA) is 45.2 Å². The molecule has 6 rings (SSSR count). The number of aromatic nitrogens is 1. The van der Waals surface area contributed by atoms with E-state index in [9.17, 15) is 9.18 Å². The highest BCUT2D eigenvalue weighted by molar-refractivity contribution is 5.98. The largest absolute Gasteiger partial charge is 0.350 e. The Bertz CT molecular complexity index is 826. The number of amides is 1. The van der Waals surface area contributed by atoms with Gasteiger partial charge in [0, 0.05) is 41.8 Å². The fourth-order valence-electron chi connectivity index (χ4n) is 4.64. The van der Waals surface area contributed by atoms with Crippen molar-refractivity contribution in [3.05, 3.63) is 41.8 Å². The fourth-order valence-corrected chi connectivity index (χ4v) is 4.64. The third kappa shape index (κ3) is 2.14. The average Bonchev–Trinajstić information content (AvgIpc) is 3.25. The normalized spacial score (nSPS) is 28.8. The summed E-state index contributed by atoms with van der Waals surface area (Å²) in [6, 6.07) is 7.28. The number of fused-ring (bicyclic) bond motifs is 2. The number of halogens is 1. The van der Waals surface area contributed by atoms with Crippen LogP contribution in [-0.2, 0) is 0 Å². The first-order valence-electron chi connectivity index (χ1n) is 8.74. The molecule has 3 heterocycles. The Morgan fingerprint density at radius 3 is 3.00 bits per heavy atom. The third-order valence-corrected chi connectivity index (χ3v) is 5.89. The summed E-state index contributed by atoms with van der Waals surface area (Å²) in [5.74, 6) is 0.174. The second-order valence-electron chi connectivity index (χ2n) is 7.60. The van der Waals surface area contributed by atoms with Crippen LogP contribution in [0, 0.1) is 11.7 Å². The predicted molar refractivity (Wildman–Crippen MR) is 89.2 cm³/mol. The maximum atomic E-state index is 14.2. The van der Waals surface area contributed by atoms with Crippen molar-refractivity contribution in [2.24, 2.45) is 5.92 Å². The van der Waals surface area contributed by atoms with Crippen LogP contribution in [0.3, 0.4) is 0 Å². The van der Waals surface area contributed by atoms with Gasteiger partial charge in [0.05, 0.1) is 0 Å². The van der Waals surface area contributed by atoms with E-state index in [2.05, 4.69) is 15.2 Å². The third-order valence-electron chi connectivity index (χ3n) is 5.89. The lowest BCUT2D eigenvalue weighted by molar-refractivity contribution is 0.0796. The molecule has 0 atom stereocenters. The van der Waals surface area contributed by atoms with E-state index >= 15 is 0 Å². The Hall–Kier alpha value is -2.01. The van der Waals surface area contributed by atoms with Crippen molar-refractivity contribution in [1.82, 2.24) is 15.2 Å². The van der Waals surface area contributed by atoms with E-state index in [1.807, 2.05) is 0 Å². The molecule has 1 aromatic carbocycles. The van der Waals surface area contributed by atoms with E-state index in [0.717, 1.165) is 12.0 Å². The van der Waals surface area contributed by atoms with Crippen LogP contribution in [0.5, 0.6) is 0 Å². The minimum atomic E-state index is -0.444. The van der Waals surface area contributed by atoms with E-state index in [1.54, 1.807) is 24.4 Å². The predicted octanol–water partition coefficient (Wildman–Crippen LogP) is 2.73. The van der Waals surface area contributed by atoms with Gasteiger partial charge in [0.15, 0.2) is 0 Å². The van der Waals surface area contributed by atoms with Crippen molar-refractivity contribution >= 4 is 16.8 Å². The molecule has 2 aliphatic carbocycles. The molecule has 4 fully saturated rings. The second-order valence-corrected chi connectivity index (χ2v) is 7.60. The first kappa shape index (κ1) is 14.3. The minimum absolute atomic E-state index is 0.165. The van der Waals surface area contributed by atoms with Gasteiger partial charge in [0.25, 0.3) is 5.91 Å². The first-order chi connectivity index (χ1) is 11.6. The van der Waals surface area contributed by atoms with Crippen molar-refractivity contribution in [3.8, 4) is 0 Å². The number of carbonyl (C=O) groups excluding carboxylic acids is 1. The van der Waals surface area contributed by atoms with Crippen molar-refractivity contribution in [2.75, 3.05) is 13.1 Å². The smallest absolute Gasteiger partial charge is 0.251 e. The van der Waals surface area contributed by atoms with Gasteiger partial charge < -0.3 is 5.32 Å². The van der Waals surface area contributed by atoms with Crippen LogP contribution in [0.25, 0.3) is 10.9 Å². The molecule has 2 saturated heterocycles. The Kier molecular flexibility index (Phi) is 2.98. The lowest BCUT2D eigenvalue weighted by Gasteiger charge is -2.42. The van der Waals surface area contributed by atoms with Crippen molar-refractivity contribution < 1.29 is 9.18 Å². The van der Waals surface area contributed by atoms with Crippen LogP contribution in [0.1, 0.15) is 36.0 Å². The highest BCUT2D eigenvalue weighted by Gasteiger charge is 2.59. The highest BCUT2D eigenvalue weighted by atomic mass is 19.1. The molecule has 2 saturated carbocycles. The Balaban J connectivity index is 1.34. The molecule has 2 aromatic rings. The maximum Gasteiger partial charge on any atom is 0.251 e. The number of rotatable bonds is 4. The minimum Gasteiger partial charge on any atom is -0.350 e. The van der Waals surface area contributed by atoms with Gasteiger partial charge in [-0.25, -0.2) is 4.39 Å². The summed E-state index contributed by atoms with van der Waals surface area (Å²) in [5, 5.41) is 3.71. The average molecular weight is 325 g/mol. The summed E-state index contributed by atoms with van der Waals surface area (Å²) in [6.45, 7) is 1.86. The summed E-state index contributed by atoms with van der Waals surface area (Å²) in [6.07, 6.45) is 6.54. The summed E-state index contributed by atoms with van der Waals surface area (Å²) in [7, 11) is 0. The standard InChI is InChI=1S/C19H20FN3O/c20-16-7-14(6-13-2-1-5-21-17(13)16)18(24)22-11-19-8-12(9-19)10-23(19)15-3-4-15/h1-2,5-7,12,15H,3-4,8-11H2,(H,22,24). The molecule has 1 amide bonds. The summed E-state index contributed by atoms with van der Waals surface area (Å²) < 4.78 is 14.2. The molecule has 124 valence electrons. The van der Waals surface area contributed by atoms with E-state index < -0.39 is 5.82 Å². The number of hydrogen-bond acceptors (Lipinski definition) is 3. The molecule has 4 nitrogen and oxygen atoms in total. The van der Waals surface area contributed by atoms with Crippen molar-refractivity contribution in [2.45, 2.75) is 37.3 Å². The molecule has 2 aliphatic heterocycles. The van der Waals surface area contributed by atoms with E-state index in [0.29, 0.717) is 23.0 Å². The number of nitrogens with zero attached hydrogens (tertiary/aromatic N) is 2. The zero-order chi connectivity index (χ0) is 16.3. The molecule has 5 heteroatoms. The Morgan fingerprint density at radius 1 is 1.38 bits per heavy atom. The summed E-state index contributed by atoms with van der Waals surface area (Å²) in [5.41, 5.74) is 0.847. The van der Waals surface area contributed by atoms with Gasteiger partial charge in [0.1, 0.15) is 11.3 Å². The molecule has 2 bridgehead atoms. The number of carbonyl (C=O) groups is 1. The second kappa shape index (κ2) is 4.99. The zero-order valence-electron chi connectivity index (χ0n) is 13.5. The van der Waals surface area contributed by atoms with Crippen LogP contribution < -0.4 is 5.32 Å². The van der Waals surface area contributed by atoms with Crippen LogP contribution in [0.4, 0.5) is 4.39 Å². The van der Waals surface area contributed by atoms with E-state index in [-0.39, 0.29) is 11.4 Å². The highest BCUT2D eigenvalue weighted by Crippen LogP contribution is 2.54. The molecular formula is C19H20FN3O. The van der Waals surface area contributed by atoms with Crippen LogP contribution in [-0.4, -0.2) is 40.5 Å². The van der Waals surface area contributed by atoms with Crippen molar-refractivity contribution in [3.63, 3.8) is 0 Å². The molecule has 1 N–H and O–H groups in total. The SMILES string of the molecule is O=C(NCC12CC(CN1C1CC1)C2)c1cc(F)c2ncccc2c1. The summed E-state index contributed by atoms with van der Waals surface area (Å²) >= 11 is 0. The maximum absolute atomic E-state index is 14.2. The zero-order valence-corrected chi connectivity index (χ0v) is 13.5. The quantitative estimate of drug-likeness (QED) is 0.940. The molecule has 0 unspecified atom stereocenters. The Labute approximate surface area is 140 Å². The lowest BCUT2D eigenvalue weighted by atomic mass is 9.73. The first-order valence-corrected chi connectivity index (χ1v) is 8.74. The van der Waals surface area contributed by atoms with Gasteiger partial charge in [-0.3, -0.25) is 14.7 Å². The van der Waals surface area contributed by atoms with Gasteiger partial charge in [-0.15, -0.1) is 0 Å². The lowest BCUT2D eigenvalue weighted by Crippen LogP contribution is -2.54. The fraction of sp³-hybridized carbons (Fsp3) is 0.474. The van der Waals surface area contributed by atoms with Gasteiger partial charge in [0.2, 0.25) is 0 Å². The van der Waals surface area contributed by atoms with Gasteiger partial charge >= 0.3 is 0 Å². The molecule has 24 heavy (non-hydrogen) atoms. The molecule has 0 radical (unpaired) electrons. The summed E-state index contributed by atoms with van der Waals surface area (Å²) in [4.78, 5) is 19.2. The number of benzene rings is 1. The molecular weight excluding hydrogens is 305 g/mol. The van der Waals surface area contributed by atoms with Gasteiger partial charge in [-0.1, -0.05) is 6.07 Å². The van der Waals surface area contributed by atoms with E-state index in [1.165, 1.54) is 38.3 Å². The monoisotopic (exact) mass is 325 g/mol.